The van der Waals surface area contributed by atoms with Crippen molar-refractivity contribution in [3.63, 3.8) is 0 Å². The molecular weight excluding hydrogens is 408 g/mol. The van der Waals surface area contributed by atoms with Crippen LogP contribution in [0.5, 0.6) is 0 Å². The van der Waals surface area contributed by atoms with Gasteiger partial charge in [-0.05, 0) is 31.4 Å². The van der Waals surface area contributed by atoms with E-state index in [0.29, 0.717) is 19.6 Å². The molecule has 0 aliphatic heterocycles. The monoisotopic (exact) mass is 450 g/mol. The smallest absolute Gasteiger partial charge is 0.339 e. The van der Waals surface area contributed by atoms with Crippen LogP contribution in [0.1, 0.15) is 119 Å². The molecular formula is C26H42O6. The van der Waals surface area contributed by atoms with Crippen molar-refractivity contribution in [2.24, 2.45) is 0 Å². The molecule has 0 fully saturated rings. The number of unbranched alkanes of at least 4 members (excludes halogenated alkanes) is 8. The van der Waals surface area contributed by atoms with Gasteiger partial charge in [0.05, 0.1) is 24.3 Å². The quantitative estimate of drug-likeness (QED) is 0.220. The predicted molar refractivity (Wildman–Crippen MR) is 127 cm³/mol. The van der Waals surface area contributed by atoms with Gasteiger partial charge in [0.15, 0.2) is 0 Å². The maximum absolute atomic E-state index is 11.9. The number of carbonyl (C=O) groups is 3. The van der Waals surface area contributed by atoms with Gasteiger partial charge in [0, 0.05) is 6.42 Å². The lowest BCUT2D eigenvalue weighted by atomic mass is 10.1. The summed E-state index contributed by atoms with van der Waals surface area (Å²) in [6.07, 6.45) is 12.2. The van der Waals surface area contributed by atoms with Crippen molar-refractivity contribution in [3.05, 3.63) is 35.4 Å². The summed E-state index contributed by atoms with van der Waals surface area (Å²) in [5.41, 5.74) is 0.537. The highest BCUT2D eigenvalue weighted by Crippen LogP contribution is 2.13. The summed E-state index contributed by atoms with van der Waals surface area (Å²) in [5.74, 6) is -1.61. The first-order chi connectivity index (χ1) is 15.5. The van der Waals surface area contributed by atoms with Crippen LogP contribution in [0.3, 0.4) is 0 Å². The van der Waals surface area contributed by atoms with E-state index in [9.17, 15) is 14.4 Å². The van der Waals surface area contributed by atoms with E-state index in [1.165, 1.54) is 32.1 Å². The molecule has 0 atom stereocenters. The van der Waals surface area contributed by atoms with Crippen LogP contribution in [0.2, 0.25) is 0 Å². The summed E-state index contributed by atoms with van der Waals surface area (Å²) in [7, 11) is 0. The van der Waals surface area contributed by atoms with Crippen molar-refractivity contribution >= 4 is 17.9 Å². The molecule has 0 spiro atoms. The van der Waals surface area contributed by atoms with Gasteiger partial charge >= 0.3 is 17.9 Å². The molecule has 0 unspecified atom stereocenters. The number of carbonyl (C=O) groups excluding carboxylic acids is 2. The van der Waals surface area contributed by atoms with Crippen LogP contribution in [-0.4, -0.2) is 36.2 Å². The fourth-order valence-electron chi connectivity index (χ4n) is 2.85. The number of hydrogen-bond donors (Lipinski definition) is 1. The lowest BCUT2D eigenvalue weighted by Gasteiger charge is -2.09. The Balaban J connectivity index is 0.000000687. The average Bonchev–Trinajstić information content (AvgIpc) is 2.79. The Morgan fingerprint density at radius 2 is 1.06 bits per heavy atom. The Bertz CT molecular complexity index is 600. The van der Waals surface area contributed by atoms with Gasteiger partial charge in [0.1, 0.15) is 0 Å². The third-order valence-corrected chi connectivity index (χ3v) is 4.82. The summed E-state index contributed by atoms with van der Waals surface area (Å²) < 4.78 is 10.3. The largest absolute Gasteiger partial charge is 0.481 e. The van der Waals surface area contributed by atoms with E-state index in [-0.39, 0.29) is 11.1 Å². The molecule has 0 aliphatic rings. The highest BCUT2D eigenvalue weighted by molar-refractivity contribution is 6.03. The van der Waals surface area contributed by atoms with Crippen LogP contribution in [0.4, 0.5) is 0 Å². The zero-order chi connectivity index (χ0) is 24.0. The number of ether oxygens (including phenoxy) is 2. The van der Waals surface area contributed by atoms with Gasteiger partial charge in [-0.2, -0.15) is 0 Å². The Kier molecular flexibility index (Phi) is 19.0. The fourth-order valence-corrected chi connectivity index (χ4v) is 2.85. The highest BCUT2D eigenvalue weighted by atomic mass is 16.5. The predicted octanol–water partition coefficient (Wildman–Crippen LogP) is 6.81. The minimum atomic E-state index is -0.663. The molecule has 0 amide bonds. The number of carboxylic acid groups (broad SMARTS) is 1. The standard InChI is InChI=1S/C16H22O4.C10H20O2/c1-3-5-11-19-15(17)13-9-7-8-10-14(13)16(18)20-12-6-4-2;1-2-3-4-5-6-7-8-9-10(11)12/h7-10H,3-6,11-12H2,1-2H3;2-9H2,1H3,(H,11,12). The molecule has 32 heavy (non-hydrogen) atoms. The minimum Gasteiger partial charge on any atom is -0.481 e. The molecule has 0 saturated heterocycles. The maximum atomic E-state index is 11.9. The van der Waals surface area contributed by atoms with E-state index >= 15 is 0 Å². The molecule has 1 N–H and O–H groups in total. The van der Waals surface area contributed by atoms with Crippen LogP contribution >= 0.6 is 0 Å². The van der Waals surface area contributed by atoms with E-state index < -0.39 is 17.9 Å². The van der Waals surface area contributed by atoms with Gasteiger partial charge < -0.3 is 14.6 Å². The zero-order valence-electron chi connectivity index (χ0n) is 20.2. The van der Waals surface area contributed by atoms with Crippen molar-refractivity contribution in [1.29, 1.82) is 0 Å². The molecule has 0 saturated carbocycles. The molecule has 0 bridgehead atoms. The van der Waals surface area contributed by atoms with Gasteiger partial charge in [-0.3, -0.25) is 4.79 Å². The first-order valence-corrected chi connectivity index (χ1v) is 12.1. The first-order valence-electron chi connectivity index (χ1n) is 12.1. The van der Waals surface area contributed by atoms with Crippen LogP contribution in [0, 0.1) is 0 Å². The lowest BCUT2D eigenvalue weighted by molar-refractivity contribution is -0.137. The molecule has 1 rings (SSSR count). The van der Waals surface area contributed by atoms with Crippen LogP contribution in [0.15, 0.2) is 24.3 Å². The summed E-state index contributed by atoms with van der Waals surface area (Å²) in [4.78, 5) is 34.0. The minimum absolute atomic E-state index is 0.269. The molecule has 0 radical (unpaired) electrons. The van der Waals surface area contributed by atoms with E-state index in [4.69, 9.17) is 14.6 Å². The lowest BCUT2D eigenvalue weighted by Crippen LogP contribution is -2.14. The second-order valence-corrected chi connectivity index (χ2v) is 7.79. The first kappa shape index (κ1) is 29.6. The van der Waals surface area contributed by atoms with Crippen LogP contribution in [0.25, 0.3) is 0 Å². The van der Waals surface area contributed by atoms with E-state index in [0.717, 1.165) is 38.5 Å². The van der Waals surface area contributed by atoms with Crippen molar-refractivity contribution < 1.29 is 29.0 Å². The number of carboxylic acids is 1. The van der Waals surface area contributed by atoms with Crippen molar-refractivity contribution in [2.45, 2.75) is 97.8 Å². The molecule has 6 nitrogen and oxygen atoms in total. The Morgan fingerprint density at radius 3 is 1.47 bits per heavy atom. The topological polar surface area (TPSA) is 89.9 Å². The number of esters is 2. The van der Waals surface area contributed by atoms with Crippen LogP contribution < -0.4 is 0 Å². The molecule has 1 aromatic carbocycles. The zero-order valence-corrected chi connectivity index (χ0v) is 20.2. The molecule has 182 valence electrons. The summed E-state index contributed by atoms with van der Waals surface area (Å²) in [6.45, 7) is 6.98. The van der Waals surface area contributed by atoms with Gasteiger partial charge in [-0.15, -0.1) is 0 Å². The van der Waals surface area contributed by atoms with Crippen molar-refractivity contribution in [2.75, 3.05) is 13.2 Å². The third kappa shape index (κ3) is 15.4. The average molecular weight is 451 g/mol. The normalized spacial score (nSPS) is 10.1. The number of benzene rings is 1. The Labute approximate surface area is 193 Å². The number of aliphatic carboxylic acids is 1. The Hall–Kier alpha value is -2.37. The number of rotatable bonds is 16. The Morgan fingerprint density at radius 1 is 0.656 bits per heavy atom. The molecule has 0 aliphatic carbocycles. The summed E-state index contributed by atoms with van der Waals surface area (Å²) >= 11 is 0. The van der Waals surface area contributed by atoms with E-state index in [2.05, 4.69) is 6.92 Å². The second-order valence-electron chi connectivity index (χ2n) is 7.79. The van der Waals surface area contributed by atoms with E-state index in [1.54, 1.807) is 24.3 Å². The molecule has 1 aromatic rings. The van der Waals surface area contributed by atoms with Crippen LogP contribution in [-0.2, 0) is 14.3 Å². The van der Waals surface area contributed by atoms with E-state index in [1.807, 2.05) is 13.8 Å². The molecule has 0 heterocycles. The van der Waals surface area contributed by atoms with Gasteiger partial charge in [-0.1, -0.05) is 84.3 Å². The highest BCUT2D eigenvalue weighted by Gasteiger charge is 2.18. The summed E-state index contributed by atoms with van der Waals surface area (Å²) in [5, 5.41) is 8.35. The summed E-state index contributed by atoms with van der Waals surface area (Å²) in [6, 6.07) is 6.59. The number of hydrogen-bond acceptors (Lipinski definition) is 5. The molecule has 0 aromatic heterocycles. The SMILES string of the molecule is CCCCCCCCCC(=O)O.CCCCOC(=O)c1ccccc1C(=O)OCCCC. The van der Waals surface area contributed by atoms with Crippen molar-refractivity contribution in [3.8, 4) is 0 Å². The van der Waals surface area contributed by atoms with Gasteiger partial charge in [0.25, 0.3) is 0 Å². The maximum Gasteiger partial charge on any atom is 0.339 e. The van der Waals surface area contributed by atoms with Gasteiger partial charge in [0.2, 0.25) is 0 Å². The third-order valence-electron chi connectivity index (χ3n) is 4.82. The fraction of sp³-hybridized carbons (Fsp3) is 0.654. The molecule has 6 heteroatoms. The van der Waals surface area contributed by atoms with Gasteiger partial charge in [-0.25, -0.2) is 9.59 Å². The second kappa shape index (κ2) is 20.5. The van der Waals surface area contributed by atoms with Crippen molar-refractivity contribution in [1.82, 2.24) is 0 Å².